The minimum Gasteiger partial charge on any atom is -0.451 e. The second-order valence-corrected chi connectivity index (χ2v) is 5.80. The molecule has 5 heteroatoms. The molecule has 5 nitrogen and oxygen atoms in total. The number of likely N-dealkylation sites (N-methyl/N-ethyl adjacent to an activating group) is 1. The molecule has 0 bridgehead atoms. The first kappa shape index (κ1) is 14.4. The number of fused-ring (bicyclic) bond motifs is 1. The summed E-state index contributed by atoms with van der Waals surface area (Å²) in [5.41, 5.74) is 6.91. The first-order valence-corrected chi connectivity index (χ1v) is 6.54. The van der Waals surface area contributed by atoms with Crippen LogP contribution in [0.15, 0.2) is 28.7 Å². The first-order valence-electron chi connectivity index (χ1n) is 6.54. The van der Waals surface area contributed by atoms with Gasteiger partial charge in [0.05, 0.1) is 0 Å². The van der Waals surface area contributed by atoms with E-state index in [2.05, 4.69) is 24.1 Å². The second kappa shape index (κ2) is 5.17. The van der Waals surface area contributed by atoms with Gasteiger partial charge in [-0.15, -0.1) is 0 Å². The van der Waals surface area contributed by atoms with Crippen molar-refractivity contribution in [1.29, 1.82) is 0 Å². The summed E-state index contributed by atoms with van der Waals surface area (Å²) >= 11 is 0. The number of nitrogens with two attached hydrogens (primary N) is 1. The fourth-order valence-electron chi connectivity index (χ4n) is 1.72. The molecule has 0 atom stereocenters. The molecule has 0 aliphatic carbocycles. The summed E-state index contributed by atoms with van der Waals surface area (Å²) in [6, 6.07) is 7.02. The van der Waals surface area contributed by atoms with E-state index in [0.717, 1.165) is 5.39 Å². The van der Waals surface area contributed by atoms with E-state index >= 15 is 0 Å². The lowest BCUT2D eigenvalue weighted by molar-refractivity contribution is 0.0894. The van der Waals surface area contributed by atoms with Crippen molar-refractivity contribution in [2.45, 2.75) is 19.4 Å². The van der Waals surface area contributed by atoms with Crippen molar-refractivity contribution in [3.8, 4) is 0 Å². The Bertz CT molecular complexity index is 629. The van der Waals surface area contributed by atoms with E-state index in [4.69, 9.17) is 10.2 Å². The van der Waals surface area contributed by atoms with Crippen molar-refractivity contribution < 1.29 is 9.21 Å². The molecule has 0 saturated carbocycles. The molecular formula is C15H21N3O2. The molecule has 1 heterocycles. The Labute approximate surface area is 118 Å². The van der Waals surface area contributed by atoms with E-state index in [0.29, 0.717) is 23.6 Å². The predicted molar refractivity (Wildman–Crippen MR) is 80.7 cm³/mol. The molecule has 0 fully saturated rings. The number of anilines is 1. The maximum atomic E-state index is 12.1. The fraction of sp³-hybridized carbons (Fsp3) is 0.400. The van der Waals surface area contributed by atoms with Crippen molar-refractivity contribution in [2.24, 2.45) is 0 Å². The SMILES string of the molecule is CN(C)C(C)(C)CNC(=O)c1cc2cc(N)ccc2o1. The summed E-state index contributed by atoms with van der Waals surface area (Å²) in [6.45, 7) is 4.66. The van der Waals surface area contributed by atoms with Gasteiger partial charge in [0.1, 0.15) is 5.58 Å². The van der Waals surface area contributed by atoms with E-state index in [1.165, 1.54) is 0 Å². The number of benzene rings is 1. The number of hydrogen-bond donors (Lipinski definition) is 2. The molecule has 0 radical (unpaired) electrons. The minimum absolute atomic E-state index is 0.119. The number of nitrogens with zero attached hydrogens (tertiary/aromatic N) is 1. The van der Waals surface area contributed by atoms with Crippen LogP contribution in [0.4, 0.5) is 5.69 Å². The van der Waals surface area contributed by atoms with Crippen LogP contribution in [0.2, 0.25) is 0 Å². The highest BCUT2D eigenvalue weighted by Crippen LogP contribution is 2.21. The third-order valence-corrected chi connectivity index (χ3v) is 3.66. The van der Waals surface area contributed by atoms with Crippen molar-refractivity contribution in [1.82, 2.24) is 10.2 Å². The van der Waals surface area contributed by atoms with E-state index in [1.807, 2.05) is 14.1 Å². The molecule has 1 aromatic carbocycles. The number of furan rings is 1. The number of carbonyl (C=O) groups is 1. The van der Waals surface area contributed by atoms with E-state index in [1.54, 1.807) is 24.3 Å². The van der Waals surface area contributed by atoms with Crippen molar-refractivity contribution in [2.75, 3.05) is 26.4 Å². The van der Waals surface area contributed by atoms with E-state index in [9.17, 15) is 4.79 Å². The van der Waals surface area contributed by atoms with Gasteiger partial charge in [0.2, 0.25) is 0 Å². The average molecular weight is 275 g/mol. The quantitative estimate of drug-likeness (QED) is 0.838. The molecule has 0 spiro atoms. The van der Waals surface area contributed by atoms with Gasteiger partial charge in [-0.1, -0.05) is 0 Å². The zero-order chi connectivity index (χ0) is 14.9. The highest BCUT2D eigenvalue weighted by atomic mass is 16.3. The Balaban J connectivity index is 2.12. The van der Waals surface area contributed by atoms with Crippen LogP contribution in [0.5, 0.6) is 0 Å². The molecule has 0 unspecified atom stereocenters. The van der Waals surface area contributed by atoms with Crippen molar-refractivity contribution in [3.05, 3.63) is 30.0 Å². The number of nitrogens with one attached hydrogen (secondary N) is 1. The number of carbonyl (C=O) groups excluding carboxylic acids is 1. The summed E-state index contributed by atoms with van der Waals surface area (Å²) < 4.78 is 5.53. The molecule has 0 aliphatic rings. The monoisotopic (exact) mass is 275 g/mol. The number of amides is 1. The van der Waals surface area contributed by atoms with Crippen LogP contribution in [-0.4, -0.2) is 37.0 Å². The van der Waals surface area contributed by atoms with Gasteiger partial charge in [0.15, 0.2) is 5.76 Å². The Morgan fingerprint density at radius 1 is 1.35 bits per heavy atom. The fourth-order valence-corrected chi connectivity index (χ4v) is 1.72. The summed E-state index contributed by atoms with van der Waals surface area (Å²) in [7, 11) is 3.96. The Morgan fingerprint density at radius 3 is 2.70 bits per heavy atom. The van der Waals surface area contributed by atoms with Crippen LogP contribution in [0.25, 0.3) is 11.0 Å². The lowest BCUT2D eigenvalue weighted by atomic mass is 10.0. The lowest BCUT2D eigenvalue weighted by Crippen LogP contribution is -2.48. The molecule has 3 N–H and O–H groups in total. The van der Waals surface area contributed by atoms with Crippen LogP contribution in [-0.2, 0) is 0 Å². The molecule has 108 valence electrons. The van der Waals surface area contributed by atoms with Crippen molar-refractivity contribution >= 4 is 22.6 Å². The predicted octanol–water partition coefficient (Wildman–Crippen LogP) is 2.08. The summed E-state index contributed by atoms with van der Waals surface area (Å²) in [4.78, 5) is 14.2. The molecule has 1 amide bonds. The standard InChI is InChI=1S/C15H21N3O2/c1-15(2,18(3)4)9-17-14(19)13-8-10-7-11(16)5-6-12(10)20-13/h5-8H,9,16H2,1-4H3,(H,17,19). The van der Waals surface area contributed by atoms with Gasteiger partial charge in [-0.3, -0.25) is 4.79 Å². The van der Waals surface area contributed by atoms with E-state index < -0.39 is 0 Å². The summed E-state index contributed by atoms with van der Waals surface area (Å²) in [6.07, 6.45) is 0. The van der Waals surface area contributed by atoms with Gasteiger partial charge < -0.3 is 20.4 Å². The smallest absolute Gasteiger partial charge is 0.287 e. The highest BCUT2D eigenvalue weighted by molar-refractivity contribution is 5.96. The third kappa shape index (κ3) is 2.93. The minimum atomic E-state index is -0.213. The lowest BCUT2D eigenvalue weighted by Gasteiger charge is -2.32. The van der Waals surface area contributed by atoms with Gasteiger partial charge >= 0.3 is 0 Å². The molecule has 0 aliphatic heterocycles. The molecule has 0 saturated heterocycles. The molecule has 2 aromatic rings. The van der Waals surface area contributed by atoms with Crippen LogP contribution >= 0.6 is 0 Å². The Hall–Kier alpha value is -2.01. The number of nitrogen functional groups attached to an aromatic ring is 1. The third-order valence-electron chi connectivity index (χ3n) is 3.66. The second-order valence-electron chi connectivity index (χ2n) is 5.80. The van der Waals surface area contributed by atoms with Gasteiger partial charge in [-0.25, -0.2) is 0 Å². The van der Waals surface area contributed by atoms with Gasteiger partial charge in [-0.2, -0.15) is 0 Å². The molecule has 20 heavy (non-hydrogen) atoms. The number of rotatable bonds is 4. The average Bonchev–Trinajstić information content (AvgIpc) is 2.78. The molecule has 1 aromatic heterocycles. The van der Waals surface area contributed by atoms with Crippen LogP contribution in [0.1, 0.15) is 24.4 Å². The Morgan fingerprint density at radius 2 is 2.05 bits per heavy atom. The maximum Gasteiger partial charge on any atom is 0.287 e. The normalized spacial score (nSPS) is 12.1. The highest BCUT2D eigenvalue weighted by Gasteiger charge is 2.22. The van der Waals surface area contributed by atoms with Crippen LogP contribution < -0.4 is 11.1 Å². The van der Waals surface area contributed by atoms with Crippen molar-refractivity contribution in [3.63, 3.8) is 0 Å². The first-order chi connectivity index (χ1) is 9.29. The number of hydrogen-bond acceptors (Lipinski definition) is 4. The van der Waals surface area contributed by atoms with Gasteiger partial charge in [0, 0.05) is 23.2 Å². The van der Waals surface area contributed by atoms with Gasteiger partial charge in [0.25, 0.3) is 5.91 Å². The summed E-state index contributed by atoms with van der Waals surface area (Å²) in [5, 5.41) is 3.73. The zero-order valence-electron chi connectivity index (χ0n) is 12.4. The van der Waals surface area contributed by atoms with Crippen LogP contribution in [0.3, 0.4) is 0 Å². The topological polar surface area (TPSA) is 71.5 Å². The summed E-state index contributed by atoms with van der Waals surface area (Å²) in [5.74, 6) is 0.0925. The molecular weight excluding hydrogens is 254 g/mol. The molecule has 2 rings (SSSR count). The zero-order valence-corrected chi connectivity index (χ0v) is 12.4. The van der Waals surface area contributed by atoms with E-state index in [-0.39, 0.29) is 11.4 Å². The van der Waals surface area contributed by atoms with Crippen LogP contribution in [0, 0.1) is 0 Å². The largest absolute Gasteiger partial charge is 0.451 e. The maximum absolute atomic E-state index is 12.1. The van der Waals surface area contributed by atoms with Gasteiger partial charge in [-0.05, 0) is 52.2 Å². The Kier molecular flexibility index (Phi) is 3.72.